The lowest BCUT2D eigenvalue weighted by atomic mass is 10.2. The maximum Gasteiger partial charge on any atom is 0.224 e. The van der Waals surface area contributed by atoms with E-state index in [0.717, 1.165) is 16.2 Å². The molecule has 4 rings (SSSR count). The molecule has 0 bridgehead atoms. The smallest absolute Gasteiger partial charge is 0.224 e. The number of nitrogens with zero attached hydrogens (tertiary/aromatic N) is 1. The molecule has 0 atom stereocenters. The number of thioether (sulfide) groups is 2. The van der Waals surface area contributed by atoms with Gasteiger partial charge in [0.25, 0.3) is 0 Å². The molecule has 2 aromatic carbocycles. The van der Waals surface area contributed by atoms with E-state index in [-0.39, 0.29) is 5.91 Å². The molecule has 0 aliphatic carbocycles. The van der Waals surface area contributed by atoms with E-state index in [1.807, 2.05) is 53.9 Å². The number of hydrogen-bond donors (Lipinski definition) is 1. The summed E-state index contributed by atoms with van der Waals surface area (Å²) in [4.78, 5) is 16.9. The molecule has 1 saturated heterocycles. The second kappa shape index (κ2) is 8.46. The Morgan fingerprint density at radius 1 is 1.12 bits per heavy atom. The van der Waals surface area contributed by atoms with Crippen molar-refractivity contribution in [1.82, 2.24) is 4.98 Å². The van der Waals surface area contributed by atoms with Gasteiger partial charge in [0.1, 0.15) is 0 Å². The highest BCUT2D eigenvalue weighted by atomic mass is 32.2. The van der Waals surface area contributed by atoms with Gasteiger partial charge in [0.15, 0.2) is 0 Å². The number of fused-ring (bicyclic) bond motifs is 1. The largest absolute Gasteiger partial charge is 0.326 e. The highest BCUT2D eigenvalue weighted by Gasteiger charge is 2.17. The van der Waals surface area contributed by atoms with E-state index in [1.54, 1.807) is 11.3 Å². The topological polar surface area (TPSA) is 42.0 Å². The number of aryl methyl sites for hydroxylation is 1. The van der Waals surface area contributed by atoms with E-state index < -0.39 is 0 Å². The minimum absolute atomic E-state index is 0.0466. The minimum Gasteiger partial charge on any atom is -0.326 e. The van der Waals surface area contributed by atoms with Gasteiger partial charge in [0, 0.05) is 18.5 Å². The molecule has 3 aromatic rings. The Kier molecular flexibility index (Phi) is 5.82. The van der Waals surface area contributed by atoms with Crippen LogP contribution in [0.25, 0.3) is 10.2 Å². The number of benzene rings is 2. The van der Waals surface area contributed by atoms with Crippen LogP contribution in [0.1, 0.15) is 28.0 Å². The molecule has 1 N–H and O–H groups in total. The first-order chi connectivity index (χ1) is 12.8. The predicted octanol–water partition coefficient (Wildman–Crippen LogP) is 5.74. The Morgan fingerprint density at radius 3 is 2.81 bits per heavy atom. The van der Waals surface area contributed by atoms with Gasteiger partial charge < -0.3 is 5.32 Å². The molecular formula is C20H20N2OS3. The van der Waals surface area contributed by atoms with Crippen molar-refractivity contribution in [3.63, 3.8) is 0 Å². The van der Waals surface area contributed by atoms with E-state index >= 15 is 0 Å². The van der Waals surface area contributed by atoms with E-state index in [1.165, 1.54) is 28.2 Å². The minimum atomic E-state index is 0.0466. The number of thiazole rings is 1. The van der Waals surface area contributed by atoms with E-state index in [0.29, 0.717) is 17.4 Å². The molecule has 2 heterocycles. The first kappa shape index (κ1) is 17.9. The Labute approximate surface area is 166 Å². The number of para-hydroxylation sites is 1. The fraction of sp³-hybridized carbons (Fsp3) is 0.300. The Bertz CT molecular complexity index is 870. The van der Waals surface area contributed by atoms with Crippen molar-refractivity contribution in [2.45, 2.75) is 23.8 Å². The van der Waals surface area contributed by atoms with Gasteiger partial charge in [0.2, 0.25) is 5.91 Å². The Balaban J connectivity index is 1.35. The van der Waals surface area contributed by atoms with Crippen LogP contribution >= 0.6 is 34.9 Å². The summed E-state index contributed by atoms with van der Waals surface area (Å²) in [7, 11) is 0. The fourth-order valence-electron chi connectivity index (χ4n) is 2.91. The molecular weight excluding hydrogens is 380 g/mol. The van der Waals surface area contributed by atoms with Crippen molar-refractivity contribution in [3.8, 4) is 0 Å². The van der Waals surface area contributed by atoms with Crippen LogP contribution in [-0.4, -0.2) is 22.4 Å². The Hall–Kier alpha value is -1.50. The number of carbonyl (C=O) groups excluding carboxylic acids is 1. The van der Waals surface area contributed by atoms with Crippen LogP contribution < -0.4 is 5.32 Å². The molecule has 0 unspecified atom stereocenters. The van der Waals surface area contributed by atoms with Gasteiger partial charge in [-0.2, -0.15) is 0 Å². The van der Waals surface area contributed by atoms with Crippen LogP contribution in [0.5, 0.6) is 0 Å². The van der Waals surface area contributed by atoms with Crippen LogP contribution in [-0.2, 0) is 11.2 Å². The summed E-state index contributed by atoms with van der Waals surface area (Å²) in [5.41, 5.74) is 3.20. The number of nitrogens with one attached hydrogen (secondary N) is 1. The van der Waals surface area contributed by atoms with Crippen LogP contribution in [0.15, 0.2) is 48.5 Å². The molecule has 1 aliphatic heterocycles. The Morgan fingerprint density at radius 2 is 1.96 bits per heavy atom. The molecule has 1 fully saturated rings. The molecule has 26 heavy (non-hydrogen) atoms. The summed E-state index contributed by atoms with van der Waals surface area (Å²) >= 11 is 5.66. The maximum atomic E-state index is 12.3. The molecule has 0 spiro atoms. The number of aromatic nitrogens is 1. The van der Waals surface area contributed by atoms with Gasteiger partial charge in [-0.1, -0.05) is 24.3 Å². The first-order valence-corrected chi connectivity index (χ1v) is 11.7. The third kappa shape index (κ3) is 4.42. The van der Waals surface area contributed by atoms with Gasteiger partial charge in [-0.3, -0.25) is 4.79 Å². The van der Waals surface area contributed by atoms with Gasteiger partial charge >= 0.3 is 0 Å². The van der Waals surface area contributed by atoms with E-state index in [4.69, 9.17) is 0 Å². The highest BCUT2D eigenvalue weighted by molar-refractivity contribution is 8.16. The molecule has 0 saturated carbocycles. The number of anilines is 1. The SMILES string of the molecule is O=C(CCc1nc2ccccc2s1)Nc1cccc(C2SCCCS2)c1. The fourth-order valence-corrected chi connectivity index (χ4v) is 6.75. The second-order valence-electron chi connectivity index (χ2n) is 6.18. The lowest BCUT2D eigenvalue weighted by molar-refractivity contribution is -0.116. The molecule has 1 aromatic heterocycles. The zero-order valence-corrected chi connectivity index (χ0v) is 16.8. The van der Waals surface area contributed by atoms with Crippen molar-refractivity contribution in [3.05, 3.63) is 59.1 Å². The van der Waals surface area contributed by atoms with Crippen LogP contribution in [0.2, 0.25) is 0 Å². The number of rotatable bonds is 5. The molecule has 3 nitrogen and oxygen atoms in total. The van der Waals surface area contributed by atoms with Crippen LogP contribution in [0.3, 0.4) is 0 Å². The van der Waals surface area contributed by atoms with Crippen molar-refractivity contribution in [2.75, 3.05) is 16.8 Å². The summed E-state index contributed by atoms with van der Waals surface area (Å²) in [6, 6.07) is 16.4. The van der Waals surface area contributed by atoms with Crippen molar-refractivity contribution in [2.24, 2.45) is 0 Å². The zero-order chi connectivity index (χ0) is 17.8. The summed E-state index contributed by atoms with van der Waals surface area (Å²) in [5.74, 6) is 2.48. The zero-order valence-electron chi connectivity index (χ0n) is 14.3. The monoisotopic (exact) mass is 400 g/mol. The average Bonchev–Trinajstić information content (AvgIpc) is 3.10. The average molecular weight is 401 g/mol. The number of amides is 1. The van der Waals surface area contributed by atoms with Crippen LogP contribution in [0.4, 0.5) is 5.69 Å². The third-order valence-electron chi connectivity index (χ3n) is 4.17. The van der Waals surface area contributed by atoms with E-state index in [2.05, 4.69) is 28.5 Å². The maximum absolute atomic E-state index is 12.3. The standard InChI is InChI=1S/C20H20N2OS3/c23-18(9-10-19-22-16-7-1-2-8-17(16)26-19)21-15-6-3-5-14(13-15)20-24-11-4-12-25-20/h1-3,5-8,13,20H,4,9-12H2,(H,21,23). The quantitative estimate of drug-likeness (QED) is 0.593. The summed E-state index contributed by atoms with van der Waals surface area (Å²) in [6.07, 6.45) is 2.42. The van der Waals surface area contributed by atoms with Crippen molar-refractivity contribution >= 4 is 56.7 Å². The lowest BCUT2D eigenvalue weighted by Gasteiger charge is -2.21. The molecule has 0 radical (unpaired) electrons. The van der Waals surface area contributed by atoms with Gasteiger partial charge in [-0.15, -0.1) is 34.9 Å². The number of carbonyl (C=O) groups is 1. The first-order valence-electron chi connectivity index (χ1n) is 8.75. The summed E-state index contributed by atoms with van der Waals surface area (Å²) < 4.78 is 1.67. The third-order valence-corrected chi connectivity index (χ3v) is 8.29. The van der Waals surface area contributed by atoms with Crippen LogP contribution in [0, 0.1) is 0 Å². The molecule has 1 aliphatic rings. The highest BCUT2D eigenvalue weighted by Crippen LogP contribution is 2.44. The van der Waals surface area contributed by atoms with Gasteiger partial charge in [0.05, 0.1) is 19.8 Å². The van der Waals surface area contributed by atoms with Gasteiger partial charge in [-0.25, -0.2) is 4.98 Å². The molecule has 134 valence electrons. The molecule has 6 heteroatoms. The predicted molar refractivity (Wildman–Crippen MR) is 115 cm³/mol. The lowest BCUT2D eigenvalue weighted by Crippen LogP contribution is -2.12. The normalized spacial score (nSPS) is 15.2. The van der Waals surface area contributed by atoms with E-state index in [9.17, 15) is 4.79 Å². The van der Waals surface area contributed by atoms with Crippen molar-refractivity contribution < 1.29 is 4.79 Å². The number of hydrogen-bond acceptors (Lipinski definition) is 5. The van der Waals surface area contributed by atoms with Gasteiger partial charge in [-0.05, 0) is 47.8 Å². The molecule has 1 amide bonds. The second-order valence-corrected chi connectivity index (χ2v) is 10.0. The summed E-state index contributed by atoms with van der Waals surface area (Å²) in [5, 5.41) is 4.06. The summed E-state index contributed by atoms with van der Waals surface area (Å²) in [6.45, 7) is 0. The van der Waals surface area contributed by atoms with Crippen molar-refractivity contribution in [1.29, 1.82) is 0 Å².